The first kappa shape index (κ1) is 24.2. The zero-order chi connectivity index (χ0) is 22.0. The molecule has 2 aliphatic heterocycles. The first-order chi connectivity index (χ1) is 13.5. The Morgan fingerprint density at radius 3 is 1.62 bits per heavy atom. The quantitative estimate of drug-likeness (QED) is 0.170. The molecule has 0 spiro atoms. The van der Waals surface area contributed by atoms with Gasteiger partial charge in [0.15, 0.2) is 0 Å². The van der Waals surface area contributed by atoms with E-state index in [-0.39, 0.29) is 0 Å². The normalized spacial score (nSPS) is 44.4. The number of nitrogens with zero attached hydrogens (tertiary/aromatic N) is 1. The molecule has 13 nitrogen and oxygen atoms in total. The summed E-state index contributed by atoms with van der Waals surface area (Å²) >= 11 is 0. The van der Waals surface area contributed by atoms with Crippen molar-refractivity contribution in [3.05, 3.63) is 0 Å². The molecule has 2 fully saturated rings. The van der Waals surface area contributed by atoms with Crippen LogP contribution in [-0.2, 0) is 19.1 Å². The van der Waals surface area contributed by atoms with Crippen molar-refractivity contribution in [2.24, 2.45) is 0 Å². The van der Waals surface area contributed by atoms with Gasteiger partial charge in [-0.2, -0.15) is 0 Å². The minimum absolute atomic E-state index is 0.308. The van der Waals surface area contributed by atoms with Crippen molar-refractivity contribution in [2.75, 3.05) is 26.3 Å². The highest BCUT2D eigenvalue weighted by molar-refractivity contribution is 5.65. The number of carbonyl (C=O) groups excluding carboxylic acids is 2. The van der Waals surface area contributed by atoms with Gasteiger partial charge in [-0.1, -0.05) is 0 Å². The number of aliphatic hydroxyl groups is 8. The zero-order valence-corrected chi connectivity index (χ0v) is 15.4. The number of ether oxygens (including phenoxy) is 2. The lowest BCUT2D eigenvalue weighted by Crippen LogP contribution is -2.69. The molecule has 0 aromatic heterocycles. The minimum atomic E-state index is -2.52. The van der Waals surface area contributed by atoms with Gasteiger partial charge in [0.05, 0.1) is 32.3 Å². The first-order valence-electron chi connectivity index (χ1n) is 8.93. The molecule has 2 aliphatic rings. The fraction of sp³-hybridized carbons (Fsp3) is 0.875. The van der Waals surface area contributed by atoms with E-state index >= 15 is 0 Å². The maximum atomic E-state index is 11.5. The monoisotopic (exact) mass is 425 g/mol. The van der Waals surface area contributed by atoms with Gasteiger partial charge < -0.3 is 59.9 Å². The van der Waals surface area contributed by atoms with E-state index in [0.717, 1.165) is 4.90 Å². The van der Waals surface area contributed by atoms with Crippen LogP contribution in [0, 0.1) is 0 Å². The standard InChI is InChI=1S/C16H27NO12/c18-2-1-8(3-19)17(6-15(26)13(24)11(22)9(20)4-28-15)7-16(27)14(25)12(23)10(21)5-29-16/h2-3,8-14,20-27H,1,4-7H2. The molecule has 9 unspecified atom stereocenters. The largest absolute Gasteiger partial charge is 0.388 e. The zero-order valence-electron chi connectivity index (χ0n) is 15.4. The van der Waals surface area contributed by atoms with Crippen LogP contribution in [0.15, 0.2) is 0 Å². The second-order valence-electron chi connectivity index (χ2n) is 7.33. The van der Waals surface area contributed by atoms with Crippen molar-refractivity contribution in [1.82, 2.24) is 4.90 Å². The summed E-state index contributed by atoms with van der Waals surface area (Å²) in [5, 5.41) is 80.2. The molecule has 8 N–H and O–H groups in total. The van der Waals surface area contributed by atoms with Crippen molar-refractivity contribution >= 4 is 12.6 Å². The van der Waals surface area contributed by atoms with E-state index in [2.05, 4.69) is 0 Å². The number of aliphatic hydroxyl groups excluding tert-OH is 6. The summed E-state index contributed by atoms with van der Waals surface area (Å²) in [5.74, 6) is -5.03. The molecule has 2 saturated heterocycles. The van der Waals surface area contributed by atoms with Gasteiger partial charge in [-0.3, -0.25) is 4.90 Å². The molecule has 0 amide bonds. The summed E-state index contributed by atoms with van der Waals surface area (Å²) in [5.41, 5.74) is 0. The molecular weight excluding hydrogens is 398 g/mol. The van der Waals surface area contributed by atoms with Gasteiger partial charge >= 0.3 is 0 Å². The van der Waals surface area contributed by atoms with E-state index < -0.39 is 87.0 Å². The Balaban J connectivity index is 2.28. The predicted molar refractivity (Wildman–Crippen MR) is 90.0 cm³/mol. The van der Waals surface area contributed by atoms with Crippen molar-refractivity contribution in [1.29, 1.82) is 0 Å². The van der Waals surface area contributed by atoms with Gasteiger partial charge in [-0.25, -0.2) is 0 Å². The SMILES string of the molecule is O=CCC(C=O)N(CC1(O)OCC(O)C(O)C1O)CC1(O)OCC(O)C(O)C1O. The van der Waals surface area contributed by atoms with Crippen molar-refractivity contribution < 1.29 is 59.9 Å². The summed E-state index contributed by atoms with van der Waals surface area (Å²) in [6.45, 7) is -2.63. The highest BCUT2D eigenvalue weighted by Crippen LogP contribution is 2.29. The molecule has 0 bridgehead atoms. The second-order valence-corrected chi connectivity index (χ2v) is 7.33. The Kier molecular flexibility index (Phi) is 7.80. The predicted octanol–water partition coefficient (Wildman–Crippen LogP) is -5.95. The summed E-state index contributed by atoms with van der Waals surface area (Å²) in [6, 6.07) is -1.28. The van der Waals surface area contributed by atoms with E-state index in [1.54, 1.807) is 0 Å². The molecule has 0 aromatic rings. The Bertz CT molecular complexity index is 542. The summed E-state index contributed by atoms with van der Waals surface area (Å²) in [4.78, 5) is 23.3. The maximum absolute atomic E-state index is 11.5. The topological polar surface area (TPSA) is 218 Å². The number of rotatable bonds is 8. The van der Waals surface area contributed by atoms with Gasteiger partial charge in [0, 0.05) is 6.42 Å². The van der Waals surface area contributed by atoms with E-state index in [0.29, 0.717) is 12.6 Å². The fourth-order valence-corrected chi connectivity index (χ4v) is 3.32. The number of aldehydes is 2. The Morgan fingerprint density at radius 1 is 0.862 bits per heavy atom. The summed E-state index contributed by atoms with van der Waals surface area (Å²) < 4.78 is 10.1. The third-order valence-corrected chi connectivity index (χ3v) is 5.19. The molecule has 13 heteroatoms. The summed E-state index contributed by atoms with van der Waals surface area (Å²) in [6.07, 6.45) is -10.3. The molecule has 0 radical (unpaired) electrons. The molecule has 0 aromatic carbocycles. The number of carbonyl (C=O) groups is 2. The molecule has 168 valence electrons. The number of hydrogen-bond donors (Lipinski definition) is 8. The Labute approximate surface area is 165 Å². The van der Waals surface area contributed by atoms with Crippen molar-refractivity contribution in [3.63, 3.8) is 0 Å². The fourth-order valence-electron chi connectivity index (χ4n) is 3.32. The van der Waals surface area contributed by atoms with E-state index in [1.807, 2.05) is 0 Å². The summed E-state index contributed by atoms with van der Waals surface area (Å²) in [7, 11) is 0. The average Bonchev–Trinajstić information content (AvgIpc) is 2.69. The van der Waals surface area contributed by atoms with Crippen LogP contribution < -0.4 is 0 Å². The minimum Gasteiger partial charge on any atom is -0.388 e. The van der Waals surface area contributed by atoms with Crippen LogP contribution in [0.5, 0.6) is 0 Å². The van der Waals surface area contributed by atoms with Crippen LogP contribution in [0.2, 0.25) is 0 Å². The van der Waals surface area contributed by atoms with Crippen LogP contribution in [0.25, 0.3) is 0 Å². The Morgan fingerprint density at radius 2 is 1.28 bits per heavy atom. The highest BCUT2D eigenvalue weighted by atomic mass is 16.7. The average molecular weight is 425 g/mol. The molecule has 0 aliphatic carbocycles. The lowest BCUT2D eigenvalue weighted by molar-refractivity contribution is -0.343. The van der Waals surface area contributed by atoms with Crippen LogP contribution in [-0.4, -0.2) is 139 Å². The van der Waals surface area contributed by atoms with Gasteiger partial charge in [0.1, 0.15) is 49.2 Å². The van der Waals surface area contributed by atoms with Crippen LogP contribution in [0.3, 0.4) is 0 Å². The third-order valence-electron chi connectivity index (χ3n) is 5.19. The Hall–Kier alpha value is -1.10. The second kappa shape index (κ2) is 9.36. The lowest BCUT2D eigenvalue weighted by atomic mass is 9.93. The van der Waals surface area contributed by atoms with Crippen molar-refractivity contribution in [2.45, 2.75) is 60.7 Å². The van der Waals surface area contributed by atoms with Gasteiger partial charge in [-0.15, -0.1) is 0 Å². The van der Waals surface area contributed by atoms with E-state index in [9.17, 15) is 50.4 Å². The third kappa shape index (κ3) is 4.98. The number of hydrogen-bond acceptors (Lipinski definition) is 13. The molecule has 29 heavy (non-hydrogen) atoms. The molecule has 2 heterocycles. The molecule has 2 rings (SSSR count). The van der Waals surface area contributed by atoms with E-state index in [1.165, 1.54) is 0 Å². The maximum Gasteiger partial charge on any atom is 0.207 e. The molecule has 9 atom stereocenters. The van der Waals surface area contributed by atoms with Crippen LogP contribution in [0.1, 0.15) is 6.42 Å². The lowest BCUT2D eigenvalue weighted by Gasteiger charge is -2.48. The molecular formula is C16H27NO12. The van der Waals surface area contributed by atoms with Gasteiger partial charge in [0.25, 0.3) is 0 Å². The van der Waals surface area contributed by atoms with Gasteiger partial charge in [-0.05, 0) is 0 Å². The van der Waals surface area contributed by atoms with Crippen molar-refractivity contribution in [3.8, 4) is 0 Å². The first-order valence-corrected chi connectivity index (χ1v) is 8.93. The van der Waals surface area contributed by atoms with Crippen LogP contribution in [0.4, 0.5) is 0 Å². The van der Waals surface area contributed by atoms with Gasteiger partial charge in [0.2, 0.25) is 11.6 Å². The molecule has 0 saturated carbocycles. The van der Waals surface area contributed by atoms with Crippen LogP contribution >= 0.6 is 0 Å². The highest BCUT2D eigenvalue weighted by Gasteiger charge is 2.53. The smallest absolute Gasteiger partial charge is 0.207 e. The van der Waals surface area contributed by atoms with E-state index in [4.69, 9.17) is 9.47 Å².